The molecule has 0 spiro atoms. The van der Waals surface area contributed by atoms with E-state index in [1.165, 1.54) is 13.0 Å². The average Bonchev–Trinajstić information content (AvgIpc) is 2.55. The van der Waals surface area contributed by atoms with Gasteiger partial charge in [-0.25, -0.2) is 9.18 Å². The van der Waals surface area contributed by atoms with Crippen LogP contribution in [0.1, 0.15) is 49.4 Å². The van der Waals surface area contributed by atoms with E-state index in [-0.39, 0.29) is 10.0 Å². The van der Waals surface area contributed by atoms with Crippen molar-refractivity contribution in [1.82, 2.24) is 5.32 Å². The molecule has 0 aliphatic heterocycles. The maximum absolute atomic E-state index is 13.1. The number of benzene rings is 1. The smallest absolute Gasteiger partial charge is 0.340 e. The predicted molar refractivity (Wildman–Crippen MR) is 88.5 cm³/mol. The molecule has 128 valence electrons. The van der Waals surface area contributed by atoms with Crippen molar-refractivity contribution < 1.29 is 18.7 Å². The topological polar surface area (TPSA) is 79.2 Å². The minimum atomic E-state index is -1.05. The van der Waals surface area contributed by atoms with Gasteiger partial charge < -0.3 is 10.1 Å². The number of nitriles is 1. The number of nitrogens with one attached hydrogen (secondary N) is 1. The molecule has 1 aliphatic rings. The first-order chi connectivity index (χ1) is 11.4. The van der Waals surface area contributed by atoms with Crippen LogP contribution in [0.15, 0.2) is 22.7 Å². The van der Waals surface area contributed by atoms with Crippen LogP contribution in [0.5, 0.6) is 0 Å². The minimum Gasteiger partial charge on any atom is -0.449 e. The maximum atomic E-state index is 13.1. The lowest BCUT2D eigenvalue weighted by Gasteiger charge is -2.32. The van der Waals surface area contributed by atoms with Crippen molar-refractivity contribution in [2.75, 3.05) is 0 Å². The van der Waals surface area contributed by atoms with Gasteiger partial charge in [0.05, 0.1) is 11.6 Å². The van der Waals surface area contributed by atoms with Crippen molar-refractivity contribution in [3.05, 3.63) is 34.1 Å². The summed E-state index contributed by atoms with van der Waals surface area (Å²) in [6.45, 7) is 1.44. The quantitative estimate of drug-likeness (QED) is 0.790. The average molecular weight is 397 g/mol. The summed E-state index contributed by atoms with van der Waals surface area (Å²) in [6, 6.07) is 5.75. The van der Waals surface area contributed by atoms with Crippen molar-refractivity contribution in [1.29, 1.82) is 5.26 Å². The fraction of sp³-hybridized carbons (Fsp3) is 0.471. The number of carbonyl (C=O) groups is 2. The third kappa shape index (κ3) is 4.32. The standard InChI is InChI=1S/C17H18BrFN2O3/c1-11(15(22)21-17(10-20)7-3-2-4-8-17)24-16(23)13-6-5-12(19)9-14(13)18/h5-6,9,11H,2-4,7-8H2,1H3,(H,21,22)/t11-/m1/s1. The molecule has 1 saturated carbocycles. The highest BCUT2D eigenvalue weighted by molar-refractivity contribution is 9.10. The van der Waals surface area contributed by atoms with Gasteiger partial charge in [-0.05, 0) is 53.9 Å². The number of nitrogens with zero attached hydrogens (tertiary/aromatic N) is 1. The Morgan fingerprint density at radius 3 is 2.62 bits per heavy atom. The molecule has 2 rings (SSSR count). The lowest BCUT2D eigenvalue weighted by Crippen LogP contribution is -2.52. The summed E-state index contributed by atoms with van der Waals surface area (Å²) < 4.78 is 18.5. The number of carbonyl (C=O) groups excluding carboxylic acids is 2. The SMILES string of the molecule is C[C@@H](OC(=O)c1ccc(F)cc1Br)C(=O)NC1(C#N)CCCCC1. The van der Waals surface area contributed by atoms with Crippen molar-refractivity contribution in [2.45, 2.75) is 50.7 Å². The third-order valence-corrected chi connectivity index (χ3v) is 4.74. The normalized spacial score (nSPS) is 17.4. The first-order valence-corrected chi connectivity index (χ1v) is 8.55. The molecule has 5 nitrogen and oxygen atoms in total. The van der Waals surface area contributed by atoms with Gasteiger partial charge in [0.25, 0.3) is 5.91 Å². The second-order valence-corrected chi connectivity index (χ2v) is 6.77. The molecule has 1 aromatic rings. The zero-order valence-corrected chi connectivity index (χ0v) is 14.9. The molecule has 0 radical (unpaired) electrons. The Balaban J connectivity index is 2.00. The molecule has 0 aromatic heterocycles. The zero-order valence-electron chi connectivity index (χ0n) is 13.3. The van der Waals surface area contributed by atoms with Crippen LogP contribution in [0.3, 0.4) is 0 Å². The number of hydrogen-bond acceptors (Lipinski definition) is 4. The molecule has 0 bridgehead atoms. The second kappa shape index (κ2) is 7.75. The summed E-state index contributed by atoms with van der Waals surface area (Å²) in [5.74, 6) is -1.73. The molecule has 0 saturated heterocycles. The number of hydrogen-bond donors (Lipinski definition) is 1. The van der Waals surface area contributed by atoms with Crippen LogP contribution < -0.4 is 5.32 Å². The van der Waals surface area contributed by atoms with Crippen LogP contribution in [0.25, 0.3) is 0 Å². The predicted octanol–water partition coefficient (Wildman–Crippen LogP) is 3.48. The van der Waals surface area contributed by atoms with Crippen LogP contribution in [0.4, 0.5) is 4.39 Å². The maximum Gasteiger partial charge on any atom is 0.340 e. The lowest BCUT2D eigenvalue weighted by molar-refractivity contribution is -0.130. The van der Waals surface area contributed by atoms with E-state index in [2.05, 4.69) is 27.3 Å². The van der Waals surface area contributed by atoms with Crippen LogP contribution >= 0.6 is 15.9 Å². The zero-order chi connectivity index (χ0) is 17.7. The van der Waals surface area contributed by atoms with E-state index in [4.69, 9.17) is 4.74 Å². The number of rotatable bonds is 4. The Labute approximate surface area is 148 Å². The Kier molecular flexibility index (Phi) is 5.94. The molecule has 1 atom stereocenters. The van der Waals surface area contributed by atoms with E-state index >= 15 is 0 Å². The van der Waals surface area contributed by atoms with E-state index in [1.54, 1.807) is 0 Å². The van der Waals surface area contributed by atoms with E-state index in [1.807, 2.05) is 0 Å². The third-order valence-electron chi connectivity index (χ3n) is 4.09. The molecular weight excluding hydrogens is 379 g/mol. The van der Waals surface area contributed by atoms with Crippen LogP contribution in [0, 0.1) is 17.1 Å². The number of halogens is 2. The van der Waals surface area contributed by atoms with E-state index < -0.39 is 29.3 Å². The fourth-order valence-corrected chi connectivity index (χ4v) is 3.20. The molecular formula is C17H18BrFN2O3. The highest BCUT2D eigenvalue weighted by Crippen LogP contribution is 2.27. The van der Waals surface area contributed by atoms with Crippen molar-refractivity contribution in [3.8, 4) is 6.07 Å². The lowest BCUT2D eigenvalue weighted by atomic mass is 9.83. The van der Waals surface area contributed by atoms with Crippen molar-refractivity contribution >= 4 is 27.8 Å². The highest BCUT2D eigenvalue weighted by atomic mass is 79.9. The van der Waals surface area contributed by atoms with Crippen LogP contribution in [0.2, 0.25) is 0 Å². The van der Waals surface area contributed by atoms with E-state index in [0.29, 0.717) is 12.8 Å². The molecule has 1 aromatic carbocycles. The van der Waals surface area contributed by atoms with E-state index in [9.17, 15) is 19.2 Å². The summed E-state index contributed by atoms with van der Waals surface area (Å²) in [6.07, 6.45) is 2.94. The molecule has 1 fully saturated rings. The Morgan fingerprint density at radius 1 is 1.38 bits per heavy atom. The number of ether oxygens (including phenoxy) is 1. The molecule has 0 heterocycles. The fourth-order valence-electron chi connectivity index (χ4n) is 2.69. The second-order valence-electron chi connectivity index (χ2n) is 5.92. The minimum absolute atomic E-state index is 0.128. The summed E-state index contributed by atoms with van der Waals surface area (Å²) >= 11 is 3.09. The first kappa shape index (κ1) is 18.4. The van der Waals surface area contributed by atoms with Gasteiger partial charge in [-0.1, -0.05) is 19.3 Å². The van der Waals surface area contributed by atoms with Gasteiger partial charge in [0.1, 0.15) is 11.4 Å². The van der Waals surface area contributed by atoms with Gasteiger partial charge in [-0.15, -0.1) is 0 Å². The molecule has 1 amide bonds. The summed E-state index contributed by atoms with van der Waals surface area (Å²) in [5.41, 5.74) is -0.754. The Morgan fingerprint density at radius 2 is 2.04 bits per heavy atom. The van der Waals surface area contributed by atoms with E-state index in [0.717, 1.165) is 31.4 Å². The number of esters is 1. The Hall–Kier alpha value is -1.94. The monoisotopic (exact) mass is 396 g/mol. The molecule has 24 heavy (non-hydrogen) atoms. The van der Waals surface area contributed by atoms with Crippen molar-refractivity contribution in [2.24, 2.45) is 0 Å². The van der Waals surface area contributed by atoms with Gasteiger partial charge in [0, 0.05) is 4.47 Å². The van der Waals surface area contributed by atoms with Gasteiger partial charge in [-0.2, -0.15) is 5.26 Å². The summed E-state index contributed by atoms with van der Waals surface area (Å²) in [4.78, 5) is 24.4. The molecule has 1 aliphatic carbocycles. The van der Waals surface area contributed by atoms with Crippen LogP contribution in [-0.2, 0) is 9.53 Å². The molecule has 0 unspecified atom stereocenters. The summed E-state index contributed by atoms with van der Waals surface area (Å²) in [7, 11) is 0. The van der Waals surface area contributed by atoms with Crippen molar-refractivity contribution in [3.63, 3.8) is 0 Å². The summed E-state index contributed by atoms with van der Waals surface area (Å²) in [5, 5.41) is 12.1. The van der Waals surface area contributed by atoms with Gasteiger partial charge in [0.15, 0.2) is 6.10 Å². The van der Waals surface area contributed by atoms with Gasteiger partial charge in [0.2, 0.25) is 0 Å². The number of amides is 1. The van der Waals surface area contributed by atoms with Gasteiger partial charge in [-0.3, -0.25) is 4.79 Å². The largest absolute Gasteiger partial charge is 0.449 e. The highest BCUT2D eigenvalue weighted by Gasteiger charge is 2.35. The Bertz CT molecular complexity index is 681. The first-order valence-electron chi connectivity index (χ1n) is 7.76. The molecule has 1 N–H and O–H groups in total. The van der Waals surface area contributed by atoms with Gasteiger partial charge >= 0.3 is 5.97 Å². The molecule has 7 heteroatoms. The van der Waals surface area contributed by atoms with Crippen LogP contribution in [-0.4, -0.2) is 23.5 Å².